The maximum Gasteiger partial charge on any atom is 0.220 e. The number of nitrogens with two attached hydrogens (primary N) is 1. The number of hydrogen-bond donors (Lipinski definition) is 2. The van der Waals surface area contributed by atoms with Gasteiger partial charge in [-0.2, -0.15) is 0 Å². The van der Waals surface area contributed by atoms with Crippen molar-refractivity contribution in [1.82, 2.24) is 15.1 Å². The summed E-state index contributed by atoms with van der Waals surface area (Å²) >= 11 is 0. The smallest absolute Gasteiger partial charge is 0.220 e. The third-order valence-corrected chi connectivity index (χ3v) is 4.85. The molecule has 7 heteroatoms. The zero-order valence-corrected chi connectivity index (χ0v) is 18.9. The number of carbonyl (C=O) groups is 1. The van der Waals surface area contributed by atoms with Crippen LogP contribution in [0.3, 0.4) is 0 Å². The summed E-state index contributed by atoms with van der Waals surface area (Å²) in [7, 11) is 4.03. The number of nitrogens with one attached hydrogen (secondary N) is 1. The normalized spacial score (nSPS) is 15.9. The molecular weight excluding hydrogens is 453 g/mol. The van der Waals surface area contributed by atoms with Crippen LogP contribution in [0.1, 0.15) is 31.2 Å². The fourth-order valence-electron chi connectivity index (χ4n) is 3.21. The largest absolute Gasteiger partial charge is 0.369 e. The first kappa shape index (κ1) is 23.7. The molecule has 1 fully saturated rings. The number of aliphatic imine (C=N–C) groups is 1. The quantitative estimate of drug-likeness (QED) is 0.256. The van der Waals surface area contributed by atoms with Crippen molar-refractivity contribution in [2.75, 3.05) is 40.3 Å². The molecule has 0 unspecified atom stereocenters. The van der Waals surface area contributed by atoms with Crippen LogP contribution in [0.25, 0.3) is 0 Å². The summed E-state index contributed by atoms with van der Waals surface area (Å²) in [5.74, 6) is 0.868. The molecule has 27 heavy (non-hydrogen) atoms. The number of benzene rings is 1. The van der Waals surface area contributed by atoms with Gasteiger partial charge in [0.2, 0.25) is 5.91 Å². The molecule has 1 saturated heterocycles. The lowest BCUT2D eigenvalue weighted by Gasteiger charge is -2.30. The molecule has 0 saturated carbocycles. The molecule has 1 amide bonds. The average molecular weight is 487 g/mol. The van der Waals surface area contributed by atoms with Crippen molar-refractivity contribution >= 4 is 35.8 Å². The van der Waals surface area contributed by atoms with Crippen LogP contribution in [0, 0.1) is 5.92 Å². The van der Waals surface area contributed by atoms with Gasteiger partial charge in [0.05, 0.1) is 6.54 Å². The molecule has 6 nitrogen and oxygen atoms in total. The van der Waals surface area contributed by atoms with Crippen LogP contribution >= 0.6 is 24.0 Å². The van der Waals surface area contributed by atoms with E-state index in [1.54, 1.807) is 0 Å². The van der Waals surface area contributed by atoms with Gasteiger partial charge < -0.3 is 20.9 Å². The predicted octanol–water partition coefficient (Wildman–Crippen LogP) is 2.29. The highest BCUT2D eigenvalue weighted by Gasteiger charge is 2.22. The molecule has 1 aliphatic rings. The molecule has 1 aromatic rings. The minimum Gasteiger partial charge on any atom is -0.369 e. The van der Waals surface area contributed by atoms with Crippen LogP contribution in [0.2, 0.25) is 0 Å². The summed E-state index contributed by atoms with van der Waals surface area (Å²) in [6.07, 6.45) is 4.07. The Bertz CT molecular complexity index is 571. The van der Waals surface area contributed by atoms with Crippen LogP contribution < -0.4 is 11.1 Å². The van der Waals surface area contributed by atoms with Gasteiger partial charge in [-0.25, -0.2) is 4.99 Å². The number of amides is 1. The van der Waals surface area contributed by atoms with E-state index in [9.17, 15) is 4.79 Å². The van der Waals surface area contributed by atoms with E-state index in [1.807, 2.05) is 37.2 Å². The number of guanidine groups is 1. The van der Waals surface area contributed by atoms with Crippen molar-refractivity contribution in [3.8, 4) is 0 Å². The van der Waals surface area contributed by atoms with Crippen molar-refractivity contribution in [3.05, 3.63) is 35.9 Å². The van der Waals surface area contributed by atoms with Gasteiger partial charge >= 0.3 is 0 Å². The van der Waals surface area contributed by atoms with Gasteiger partial charge in [0.15, 0.2) is 5.96 Å². The topological polar surface area (TPSA) is 74.0 Å². The fourth-order valence-corrected chi connectivity index (χ4v) is 3.21. The van der Waals surface area contributed by atoms with Crippen molar-refractivity contribution < 1.29 is 4.79 Å². The minimum absolute atomic E-state index is 0. The minimum atomic E-state index is -0.139. The Morgan fingerprint density at radius 1 is 1.22 bits per heavy atom. The monoisotopic (exact) mass is 487 g/mol. The zero-order chi connectivity index (χ0) is 18.8. The van der Waals surface area contributed by atoms with E-state index >= 15 is 0 Å². The van der Waals surface area contributed by atoms with Gasteiger partial charge in [-0.3, -0.25) is 4.79 Å². The van der Waals surface area contributed by atoms with E-state index < -0.39 is 0 Å². The van der Waals surface area contributed by atoms with Gasteiger partial charge in [0, 0.05) is 26.6 Å². The lowest BCUT2D eigenvalue weighted by Crippen LogP contribution is -2.39. The van der Waals surface area contributed by atoms with Crippen molar-refractivity contribution in [2.24, 2.45) is 16.6 Å². The van der Waals surface area contributed by atoms with Crippen molar-refractivity contribution in [1.29, 1.82) is 0 Å². The number of rotatable bonds is 8. The third-order valence-electron chi connectivity index (χ3n) is 4.85. The summed E-state index contributed by atoms with van der Waals surface area (Å²) in [5, 5.41) is 3.45. The number of primary amides is 1. The molecule has 1 heterocycles. The van der Waals surface area contributed by atoms with E-state index in [0.717, 1.165) is 57.8 Å². The third kappa shape index (κ3) is 8.92. The predicted molar refractivity (Wildman–Crippen MR) is 122 cm³/mol. The number of carbonyl (C=O) groups excluding carboxylic acids is 1. The first-order valence-corrected chi connectivity index (χ1v) is 9.57. The van der Waals surface area contributed by atoms with Gasteiger partial charge in [0.25, 0.3) is 0 Å². The van der Waals surface area contributed by atoms with Gasteiger partial charge in [-0.05, 0) is 50.9 Å². The Kier molecular flexibility index (Phi) is 11.3. The molecule has 0 radical (unpaired) electrons. The Morgan fingerprint density at radius 2 is 1.89 bits per heavy atom. The Hall–Kier alpha value is -1.35. The van der Waals surface area contributed by atoms with Crippen LogP contribution in [0.4, 0.5) is 0 Å². The van der Waals surface area contributed by atoms with E-state index in [2.05, 4.69) is 27.3 Å². The molecule has 2 rings (SSSR count). The van der Waals surface area contributed by atoms with Crippen LogP contribution in [-0.4, -0.2) is 61.9 Å². The van der Waals surface area contributed by atoms with E-state index in [-0.39, 0.29) is 35.8 Å². The van der Waals surface area contributed by atoms with Gasteiger partial charge in [-0.15, -0.1) is 24.0 Å². The molecular formula is C20H34IN5O. The van der Waals surface area contributed by atoms with Crippen molar-refractivity contribution in [2.45, 2.75) is 32.2 Å². The van der Waals surface area contributed by atoms with E-state index in [4.69, 9.17) is 5.73 Å². The highest BCUT2D eigenvalue weighted by atomic mass is 127. The molecule has 1 aliphatic heterocycles. The van der Waals surface area contributed by atoms with Crippen molar-refractivity contribution in [3.63, 3.8) is 0 Å². The van der Waals surface area contributed by atoms with E-state index in [1.165, 1.54) is 5.56 Å². The Morgan fingerprint density at radius 3 is 2.48 bits per heavy atom. The van der Waals surface area contributed by atoms with Gasteiger partial charge in [-0.1, -0.05) is 30.3 Å². The molecule has 0 bridgehead atoms. The lowest BCUT2D eigenvalue weighted by molar-refractivity contribution is -0.123. The summed E-state index contributed by atoms with van der Waals surface area (Å²) < 4.78 is 0. The zero-order valence-electron chi connectivity index (χ0n) is 16.6. The highest BCUT2D eigenvalue weighted by molar-refractivity contribution is 14.0. The maximum absolute atomic E-state index is 11.2. The average Bonchev–Trinajstić information content (AvgIpc) is 2.64. The van der Waals surface area contributed by atoms with Crippen LogP contribution in [0.5, 0.6) is 0 Å². The molecule has 152 valence electrons. The van der Waals surface area contributed by atoms with E-state index in [0.29, 0.717) is 6.54 Å². The summed E-state index contributed by atoms with van der Waals surface area (Å²) in [6, 6.07) is 10.3. The summed E-state index contributed by atoms with van der Waals surface area (Å²) in [4.78, 5) is 20.4. The second-order valence-electron chi connectivity index (χ2n) is 7.17. The number of nitrogens with zero attached hydrogens (tertiary/aromatic N) is 3. The number of likely N-dealkylation sites (tertiary alicyclic amines) is 1. The molecule has 0 atom stereocenters. The lowest BCUT2D eigenvalue weighted by atomic mass is 9.96. The highest BCUT2D eigenvalue weighted by Crippen LogP contribution is 2.16. The number of hydrogen-bond acceptors (Lipinski definition) is 3. The Balaban J connectivity index is 0.00000364. The van der Waals surface area contributed by atoms with Crippen LogP contribution in [0.15, 0.2) is 35.3 Å². The molecule has 1 aromatic carbocycles. The number of halogens is 1. The SMILES string of the molecule is CN(C)C(=NCc1ccccc1)NCCCCN1CCC(C(N)=O)CC1.I. The molecule has 0 aromatic heterocycles. The summed E-state index contributed by atoms with van der Waals surface area (Å²) in [6.45, 7) is 4.68. The van der Waals surface area contributed by atoms with Gasteiger partial charge in [0.1, 0.15) is 0 Å². The fraction of sp³-hybridized carbons (Fsp3) is 0.600. The second kappa shape index (κ2) is 12.9. The number of unbranched alkanes of at least 4 members (excludes halogenated alkanes) is 1. The molecule has 0 aliphatic carbocycles. The molecule has 0 spiro atoms. The Labute approximate surface area is 180 Å². The number of piperidine rings is 1. The molecule has 3 N–H and O–H groups in total. The standard InChI is InChI=1S/C20H33N5O.HI/c1-24(2)20(23-16-17-8-4-3-5-9-17)22-12-6-7-13-25-14-10-18(11-15-25)19(21)26;/h3-5,8-9,18H,6-7,10-16H2,1-2H3,(H2,21,26)(H,22,23);1H. The maximum atomic E-state index is 11.2. The second-order valence-corrected chi connectivity index (χ2v) is 7.17. The first-order valence-electron chi connectivity index (χ1n) is 9.57. The summed E-state index contributed by atoms with van der Waals surface area (Å²) in [5.41, 5.74) is 6.60. The first-order chi connectivity index (χ1) is 12.6. The van der Waals surface area contributed by atoms with Crippen LogP contribution in [-0.2, 0) is 11.3 Å².